The molecular formula is C15H26O8. The van der Waals surface area contributed by atoms with Crippen molar-refractivity contribution >= 4 is 0 Å². The highest BCUT2D eigenvalue weighted by Crippen LogP contribution is 2.25. The molecule has 1 atom stereocenters. The normalized spacial score (nSPS) is 24.4. The fourth-order valence-electron chi connectivity index (χ4n) is 1.82. The summed E-state index contributed by atoms with van der Waals surface area (Å²) in [4.78, 5) is 19.5. The Balaban J connectivity index is 2.58. The maximum Gasteiger partial charge on any atom is 0.174 e. The van der Waals surface area contributed by atoms with Crippen molar-refractivity contribution in [3.8, 4) is 0 Å². The van der Waals surface area contributed by atoms with E-state index in [1.54, 1.807) is 6.08 Å². The molecule has 0 bridgehead atoms. The van der Waals surface area contributed by atoms with Gasteiger partial charge < -0.3 is 28.7 Å². The Morgan fingerprint density at radius 1 is 1.22 bits per heavy atom. The van der Waals surface area contributed by atoms with Gasteiger partial charge in [-0.05, 0) is 19.9 Å². The quantitative estimate of drug-likeness (QED) is 0.245. The Bertz CT molecular complexity index is 357. The first-order valence-electron chi connectivity index (χ1n) is 7.51. The topological polar surface area (TPSA) is 73.8 Å². The van der Waals surface area contributed by atoms with Gasteiger partial charge in [-0.25, -0.2) is 0 Å². The first-order chi connectivity index (χ1) is 11.3. The van der Waals surface area contributed by atoms with Crippen LogP contribution >= 0.6 is 0 Å². The average Bonchev–Trinajstić information content (AvgIpc) is 2.55. The molecule has 23 heavy (non-hydrogen) atoms. The van der Waals surface area contributed by atoms with Crippen LogP contribution in [0.25, 0.3) is 0 Å². The van der Waals surface area contributed by atoms with Gasteiger partial charge in [0.1, 0.15) is 19.5 Å². The molecule has 134 valence electrons. The van der Waals surface area contributed by atoms with Crippen LogP contribution in [-0.4, -0.2) is 59.0 Å². The molecule has 0 radical (unpaired) electrons. The number of methoxy groups -OCH3 is 1. The van der Waals surface area contributed by atoms with Gasteiger partial charge in [-0.3, -0.25) is 0 Å². The summed E-state index contributed by atoms with van der Waals surface area (Å²) < 4.78 is 22.4. The van der Waals surface area contributed by atoms with Gasteiger partial charge in [-0.1, -0.05) is 0 Å². The van der Waals surface area contributed by atoms with Crippen molar-refractivity contribution in [3.63, 3.8) is 0 Å². The van der Waals surface area contributed by atoms with E-state index in [1.165, 1.54) is 19.6 Å². The van der Waals surface area contributed by atoms with Crippen LogP contribution in [0, 0.1) is 0 Å². The number of hydrogen-bond donors (Lipinski definition) is 0. The third kappa shape index (κ3) is 7.19. The smallest absolute Gasteiger partial charge is 0.174 e. The van der Waals surface area contributed by atoms with Gasteiger partial charge >= 0.3 is 0 Å². The Kier molecular flexibility index (Phi) is 10.4. The maximum absolute atomic E-state index is 5.89. The lowest BCUT2D eigenvalue weighted by atomic mass is 10.0. The van der Waals surface area contributed by atoms with Crippen LogP contribution in [-0.2, 0) is 38.5 Å². The molecule has 0 saturated heterocycles. The van der Waals surface area contributed by atoms with E-state index >= 15 is 0 Å². The van der Waals surface area contributed by atoms with Crippen LogP contribution in [0.3, 0.4) is 0 Å². The maximum atomic E-state index is 5.89. The number of hydrogen-bond acceptors (Lipinski definition) is 8. The van der Waals surface area contributed by atoms with Gasteiger partial charge in [0.15, 0.2) is 17.6 Å². The van der Waals surface area contributed by atoms with E-state index in [0.717, 1.165) is 0 Å². The zero-order chi connectivity index (χ0) is 16.8. The van der Waals surface area contributed by atoms with Crippen molar-refractivity contribution in [1.29, 1.82) is 0 Å². The summed E-state index contributed by atoms with van der Waals surface area (Å²) in [6.45, 7) is 5.96. The molecule has 0 spiro atoms. The standard InChI is InChI=1S/C15H26O8/c1-4-6-20-21-9-7-18-13-15(12-17-5-2)14(16-3)11-23-22-10-8-19-15/h4,6,11H,5,7-10,12-13H2,1-3H3/b6-4+,14-11-. The Morgan fingerprint density at radius 2 is 2.04 bits per heavy atom. The van der Waals surface area contributed by atoms with Crippen molar-refractivity contribution in [2.45, 2.75) is 19.4 Å². The average molecular weight is 334 g/mol. The highest BCUT2D eigenvalue weighted by molar-refractivity contribution is 5.10. The molecule has 0 N–H and O–H groups in total. The molecule has 0 aliphatic carbocycles. The molecule has 1 aliphatic rings. The first-order valence-corrected chi connectivity index (χ1v) is 7.51. The SMILES string of the molecule is C/C=C/OOCCOCC1(COCC)OCCOO/C=C/1OC. The van der Waals surface area contributed by atoms with Crippen molar-refractivity contribution in [3.05, 3.63) is 24.4 Å². The highest BCUT2D eigenvalue weighted by Gasteiger charge is 2.39. The largest absolute Gasteiger partial charge is 0.494 e. The molecule has 1 aliphatic heterocycles. The van der Waals surface area contributed by atoms with E-state index in [0.29, 0.717) is 32.2 Å². The van der Waals surface area contributed by atoms with Crippen molar-refractivity contribution < 1.29 is 38.5 Å². The summed E-state index contributed by atoms with van der Waals surface area (Å²) in [5.41, 5.74) is -0.904. The van der Waals surface area contributed by atoms with Crippen LogP contribution in [0.15, 0.2) is 24.4 Å². The van der Waals surface area contributed by atoms with Gasteiger partial charge in [0.05, 0.1) is 33.5 Å². The molecule has 0 aromatic heterocycles. The lowest BCUT2D eigenvalue weighted by Crippen LogP contribution is -2.47. The van der Waals surface area contributed by atoms with Crippen LogP contribution in [0.2, 0.25) is 0 Å². The second-order valence-electron chi connectivity index (χ2n) is 4.52. The number of rotatable bonds is 11. The van der Waals surface area contributed by atoms with Gasteiger partial charge in [-0.15, -0.1) is 0 Å². The summed E-state index contributed by atoms with van der Waals surface area (Å²) in [6.07, 6.45) is 4.52. The Morgan fingerprint density at radius 3 is 2.78 bits per heavy atom. The van der Waals surface area contributed by atoms with E-state index in [1.807, 2.05) is 13.8 Å². The fourth-order valence-corrected chi connectivity index (χ4v) is 1.82. The number of ether oxygens (including phenoxy) is 4. The summed E-state index contributed by atoms with van der Waals surface area (Å²) in [5, 5.41) is 0. The first kappa shape index (κ1) is 19.7. The van der Waals surface area contributed by atoms with E-state index in [9.17, 15) is 0 Å². The molecule has 1 rings (SSSR count). The molecule has 1 heterocycles. The van der Waals surface area contributed by atoms with Crippen molar-refractivity contribution in [2.24, 2.45) is 0 Å². The van der Waals surface area contributed by atoms with Crippen LogP contribution in [0.5, 0.6) is 0 Å². The summed E-state index contributed by atoms with van der Waals surface area (Å²) in [6, 6.07) is 0. The monoisotopic (exact) mass is 334 g/mol. The van der Waals surface area contributed by atoms with E-state index in [-0.39, 0.29) is 19.8 Å². The molecular weight excluding hydrogens is 308 g/mol. The minimum atomic E-state index is -0.904. The van der Waals surface area contributed by atoms with Gasteiger partial charge in [-0.2, -0.15) is 9.78 Å². The molecule has 8 nitrogen and oxygen atoms in total. The van der Waals surface area contributed by atoms with Gasteiger partial charge in [0.25, 0.3) is 0 Å². The molecule has 1 unspecified atom stereocenters. The summed E-state index contributed by atoms with van der Waals surface area (Å²) in [5.74, 6) is 0.428. The third-order valence-corrected chi connectivity index (χ3v) is 2.88. The van der Waals surface area contributed by atoms with Crippen molar-refractivity contribution in [1.82, 2.24) is 0 Å². The minimum Gasteiger partial charge on any atom is -0.494 e. The predicted octanol–water partition coefficient (Wildman–Crippen LogP) is 1.73. The van der Waals surface area contributed by atoms with E-state index in [4.69, 9.17) is 38.5 Å². The highest BCUT2D eigenvalue weighted by atomic mass is 17.2. The van der Waals surface area contributed by atoms with E-state index in [2.05, 4.69) is 0 Å². The molecule has 8 heteroatoms. The van der Waals surface area contributed by atoms with Crippen LogP contribution < -0.4 is 0 Å². The molecule has 0 fully saturated rings. The number of allylic oxidation sites excluding steroid dienone is 1. The predicted molar refractivity (Wildman–Crippen MR) is 80.0 cm³/mol. The lowest BCUT2D eigenvalue weighted by molar-refractivity contribution is -0.279. The lowest BCUT2D eigenvalue weighted by Gasteiger charge is -2.34. The van der Waals surface area contributed by atoms with E-state index < -0.39 is 5.60 Å². The summed E-state index contributed by atoms with van der Waals surface area (Å²) >= 11 is 0. The molecule has 0 aromatic carbocycles. The fraction of sp³-hybridized carbons (Fsp3) is 0.733. The molecule has 0 aromatic rings. The molecule has 0 saturated carbocycles. The Hall–Kier alpha value is -1.32. The second kappa shape index (κ2) is 12.1. The van der Waals surface area contributed by atoms with Crippen LogP contribution in [0.4, 0.5) is 0 Å². The van der Waals surface area contributed by atoms with Crippen LogP contribution in [0.1, 0.15) is 13.8 Å². The summed E-state index contributed by atoms with van der Waals surface area (Å²) in [7, 11) is 1.52. The molecule has 0 amide bonds. The van der Waals surface area contributed by atoms with Gasteiger partial charge in [0, 0.05) is 6.61 Å². The Labute approximate surface area is 136 Å². The zero-order valence-corrected chi connectivity index (χ0v) is 13.9. The minimum absolute atomic E-state index is 0.211. The van der Waals surface area contributed by atoms with Gasteiger partial charge in [0.2, 0.25) is 0 Å². The zero-order valence-electron chi connectivity index (χ0n) is 13.9. The third-order valence-electron chi connectivity index (χ3n) is 2.88. The second-order valence-corrected chi connectivity index (χ2v) is 4.52. The van der Waals surface area contributed by atoms with Crippen molar-refractivity contribution in [2.75, 3.05) is 53.4 Å².